The predicted octanol–water partition coefficient (Wildman–Crippen LogP) is 5.05. The molecule has 2 rings (SSSR count). The fraction of sp³-hybridized carbons (Fsp3) is 0.0667. The van der Waals surface area contributed by atoms with E-state index in [4.69, 9.17) is 28.4 Å². The van der Waals surface area contributed by atoms with Crippen molar-refractivity contribution in [2.45, 2.75) is 6.18 Å². The van der Waals surface area contributed by atoms with Gasteiger partial charge in [-0.1, -0.05) is 52.6 Å². The minimum atomic E-state index is -4.61. The smallest absolute Gasteiger partial charge is 0.411 e. The standard InChI is InChI=1S/C15H8Cl2F3NO2/c16-11-5-10(15(18,19)20)6-12(17)13(11)14(22)9-3-1-8(2-4-9)7-21-23/h1-7,23H. The SMILES string of the molecule is O=C(c1ccc(C=NO)cc1)c1c(Cl)cc(C(F)(F)F)cc1Cl. The van der Waals surface area contributed by atoms with E-state index in [1.807, 2.05) is 0 Å². The van der Waals surface area contributed by atoms with Gasteiger partial charge < -0.3 is 5.21 Å². The molecule has 0 aliphatic heterocycles. The molecule has 0 spiro atoms. The zero-order valence-electron chi connectivity index (χ0n) is 11.2. The molecular formula is C15H8Cl2F3NO2. The third kappa shape index (κ3) is 3.83. The van der Waals surface area contributed by atoms with Crippen molar-refractivity contribution in [2.75, 3.05) is 0 Å². The lowest BCUT2D eigenvalue weighted by atomic mass is 10.0. The Labute approximate surface area is 138 Å². The quantitative estimate of drug-likeness (QED) is 0.360. The second-order valence-corrected chi connectivity index (χ2v) is 5.32. The van der Waals surface area contributed by atoms with E-state index in [1.54, 1.807) is 0 Å². The number of nitrogens with zero attached hydrogens (tertiary/aromatic N) is 1. The first-order chi connectivity index (χ1) is 10.7. The number of oxime groups is 1. The molecule has 0 bridgehead atoms. The van der Waals surface area contributed by atoms with E-state index >= 15 is 0 Å². The number of carbonyl (C=O) groups excluding carboxylic acids is 1. The number of ketones is 1. The molecule has 1 N–H and O–H groups in total. The second kappa shape index (κ2) is 6.60. The highest BCUT2D eigenvalue weighted by atomic mass is 35.5. The Kier molecular flexibility index (Phi) is 4.97. The lowest BCUT2D eigenvalue weighted by Crippen LogP contribution is -2.09. The first-order valence-corrected chi connectivity index (χ1v) is 6.88. The van der Waals surface area contributed by atoms with Crippen LogP contribution in [0.3, 0.4) is 0 Å². The Morgan fingerprint density at radius 2 is 1.61 bits per heavy atom. The van der Waals surface area contributed by atoms with Crippen molar-refractivity contribution < 1.29 is 23.2 Å². The molecule has 0 aromatic heterocycles. The van der Waals surface area contributed by atoms with Crippen molar-refractivity contribution in [2.24, 2.45) is 5.16 Å². The van der Waals surface area contributed by atoms with Gasteiger partial charge >= 0.3 is 6.18 Å². The maximum absolute atomic E-state index is 12.7. The summed E-state index contributed by atoms with van der Waals surface area (Å²) in [4.78, 5) is 12.4. The normalized spacial score (nSPS) is 11.9. The van der Waals surface area contributed by atoms with Crippen LogP contribution in [-0.4, -0.2) is 17.2 Å². The van der Waals surface area contributed by atoms with Crippen molar-refractivity contribution in [1.82, 2.24) is 0 Å². The third-order valence-corrected chi connectivity index (χ3v) is 3.57. The lowest BCUT2D eigenvalue weighted by molar-refractivity contribution is -0.137. The van der Waals surface area contributed by atoms with Gasteiger partial charge in [-0.05, 0) is 17.7 Å². The highest BCUT2D eigenvalue weighted by Crippen LogP contribution is 2.36. The zero-order valence-corrected chi connectivity index (χ0v) is 12.7. The van der Waals surface area contributed by atoms with Gasteiger partial charge in [0.05, 0.1) is 27.4 Å². The van der Waals surface area contributed by atoms with Crippen LogP contribution in [-0.2, 0) is 6.18 Å². The van der Waals surface area contributed by atoms with E-state index in [2.05, 4.69) is 5.16 Å². The first-order valence-electron chi connectivity index (χ1n) is 6.12. The van der Waals surface area contributed by atoms with E-state index in [1.165, 1.54) is 24.3 Å². The van der Waals surface area contributed by atoms with E-state index in [9.17, 15) is 18.0 Å². The Hall–Kier alpha value is -2.05. The summed E-state index contributed by atoms with van der Waals surface area (Å²) >= 11 is 11.6. The van der Waals surface area contributed by atoms with Crippen LogP contribution in [0.15, 0.2) is 41.6 Å². The fourth-order valence-corrected chi connectivity index (χ4v) is 2.54. The van der Waals surface area contributed by atoms with Gasteiger partial charge in [-0.25, -0.2) is 0 Å². The molecule has 0 saturated carbocycles. The largest absolute Gasteiger partial charge is 0.416 e. The minimum Gasteiger partial charge on any atom is -0.411 e. The number of hydrogen-bond acceptors (Lipinski definition) is 3. The summed E-state index contributed by atoms with van der Waals surface area (Å²) < 4.78 is 38.1. The number of carbonyl (C=O) groups is 1. The molecular weight excluding hydrogens is 354 g/mol. The number of halogens is 5. The molecule has 2 aromatic rings. The van der Waals surface area contributed by atoms with Crippen LogP contribution < -0.4 is 0 Å². The van der Waals surface area contributed by atoms with Gasteiger partial charge in [-0.3, -0.25) is 4.79 Å². The summed E-state index contributed by atoms with van der Waals surface area (Å²) in [6.45, 7) is 0. The molecule has 0 radical (unpaired) electrons. The Morgan fingerprint density at radius 3 is 2.04 bits per heavy atom. The lowest BCUT2D eigenvalue weighted by Gasteiger charge is -2.11. The van der Waals surface area contributed by atoms with Crippen LogP contribution >= 0.6 is 23.2 Å². The number of alkyl halides is 3. The van der Waals surface area contributed by atoms with Gasteiger partial charge in [-0.2, -0.15) is 13.2 Å². The van der Waals surface area contributed by atoms with Crippen LogP contribution in [0.5, 0.6) is 0 Å². The van der Waals surface area contributed by atoms with Crippen LogP contribution in [0, 0.1) is 0 Å². The van der Waals surface area contributed by atoms with Crippen molar-refractivity contribution in [3.8, 4) is 0 Å². The molecule has 2 aromatic carbocycles. The number of benzene rings is 2. The maximum atomic E-state index is 12.7. The minimum absolute atomic E-state index is 0.184. The van der Waals surface area contributed by atoms with E-state index < -0.39 is 17.5 Å². The topological polar surface area (TPSA) is 49.7 Å². The molecule has 8 heteroatoms. The third-order valence-electron chi connectivity index (χ3n) is 2.98. The van der Waals surface area contributed by atoms with E-state index in [0.717, 1.165) is 6.21 Å². The number of hydrogen-bond donors (Lipinski definition) is 1. The number of rotatable bonds is 3. The summed E-state index contributed by atoms with van der Waals surface area (Å²) in [6, 6.07) is 7.16. The predicted molar refractivity (Wildman–Crippen MR) is 80.7 cm³/mol. The molecule has 23 heavy (non-hydrogen) atoms. The summed E-state index contributed by atoms with van der Waals surface area (Å²) in [5, 5.41) is 10.5. The Bertz CT molecular complexity index is 748. The van der Waals surface area contributed by atoms with E-state index in [0.29, 0.717) is 17.7 Å². The molecule has 0 atom stereocenters. The molecule has 0 amide bonds. The monoisotopic (exact) mass is 361 g/mol. The van der Waals surface area contributed by atoms with Crippen molar-refractivity contribution in [1.29, 1.82) is 0 Å². The van der Waals surface area contributed by atoms with Gasteiger partial charge in [0.1, 0.15) is 0 Å². The van der Waals surface area contributed by atoms with Gasteiger partial charge in [0.2, 0.25) is 0 Å². The van der Waals surface area contributed by atoms with Crippen LogP contribution in [0.25, 0.3) is 0 Å². The molecule has 120 valence electrons. The molecule has 0 aliphatic carbocycles. The fourth-order valence-electron chi connectivity index (χ4n) is 1.89. The van der Waals surface area contributed by atoms with Crippen molar-refractivity contribution in [3.05, 3.63) is 68.7 Å². The molecule has 3 nitrogen and oxygen atoms in total. The van der Waals surface area contributed by atoms with Crippen LogP contribution in [0.1, 0.15) is 27.0 Å². The van der Waals surface area contributed by atoms with Crippen molar-refractivity contribution >= 4 is 35.2 Å². The van der Waals surface area contributed by atoms with E-state index in [-0.39, 0.29) is 21.2 Å². The summed E-state index contributed by atoms with van der Waals surface area (Å²) in [6.07, 6.45) is -3.45. The summed E-state index contributed by atoms with van der Waals surface area (Å²) in [5.74, 6) is -0.610. The summed E-state index contributed by atoms with van der Waals surface area (Å²) in [5.41, 5.74) is -0.513. The average Bonchev–Trinajstić information content (AvgIpc) is 2.46. The van der Waals surface area contributed by atoms with Gasteiger partial charge in [0, 0.05) is 5.56 Å². The van der Waals surface area contributed by atoms with Crippen LogP contribution in [0.4, 0.5) is 13.2 Å². The maximum Gasteiger partial charge on any atom is 0.416 e. The second-order valence-electron chi connectivity index (χ2n) is 4.51. The molecule has 0 unspecified atom stereocenters. The Morgan fingerprint density at radius 1 is 1.09 bits per heavy atom. The van der Waals surface area contributed by atoms with Crippen molar-refractivity contribution in [3.63, 3.8) is 0 Å². The molecule has 0 saturated heterocycles. The molecule has 0 aliphatic rings. The zero-order chi connectivity index (χ0) is 17.2. The van der Waals surface area contributed by atoms with Gasteiger partial charge in [0.25, 0.3) is 0 Å². The highest BCUT2D eigenvalue weighted by Gasteiger charge is 2.32. The Balaban J connectivity index is 2.43. The highest BCUT2D eigenvalue weighted by molar-refractivity contribution is 6.41. The first kappa shape index (κ1) is 17.3. The average molecular weight is 362 g/mol. The van der Waals surface area contributed by atoms with Crippen LogP contribution in [0.2, 0.25) is 10.0 Å². The summed E-state index contributed by atoms with van der Waals surface area (Å²) in [7, 11) is 0. The van der Waals surface area contributed by atoms with Gasteiger partial charge in [-0.15, -0.1) is 0 Å². The van der Waals surface area contributed by atoms with Gasteiger partial charge in [0.15, 0.2) is 5.78 Å². The molecule has 0 fully saturated rings. The molecule has 0 heterocycles.